The van der Waals surface area contributed by atoms with Gasteiger partial charge < -0.3 is 9.47 Å². The Hall–Kier alpha value is -2.62. The van der Waals surface area contributed by atoms with Crippen LogP contribution in [0.1, 0.15) is 21.5 Å². The van der Waals surface area contributed by atoms with Crippen molar-refractivity contribution in [2.45, 2.75) is 6.42 Å². The molecule has 1 aliphatic rings. The topological polar surface area (TPSA) is 47.9 Å². The number of fused-ring (bicyclic) bond motifs is 1. The first-order chi connectivity index (χ1) is 10.7. The van der Waals surface area contributed by atoms with Crippen molar-refractivity contribution < 1.29 is 14.3 Å². The van der Waals surface area contributed by atoms with Crippen LogP contribution in [0.3, 0.4) is 0 Å². The van der Waals surface area contributed by atoms with E-state index in [1.807, 2.05) is 18.2 Å². The second-order valence-corrected chi connectivity index (χ2v) is 5.06. The number of carbonyl (C=O) groups excluding carboxylic acids is 1. The molecule has 0 saturated carbocycles. The van der Waals surface area contributed by atoms with Gasteiger partial charge in [-0.1, -0.05) is 0 Å². The Labute approximate surface area is 129 Å². The number of ketones is 1. The molecule has 0 atom stereocenters. The van der Waals surface area contributed by atoms with Crippen molar-refractivity contribution in [1.29, 1.82) is 0 Å². The van der Waals surface area contributed by atoms with E-state index in [0.29, 0.717) is 17.8 Å². The van der Waals surface area contributed by atoms with E-state index in [0.717, 1.165) is 29.0 Å². The molecule has 2 aromatic carbocycles. The first-order valence-corrected chi connectivity index (χ1v) is 7.13. The summed E-state index contributed by atoms with van der Waals surface area (Å²) in [4.78, 5) is 17.2. The van der Waals surface area contributed by atoms with E-state index in [1.165, 1.54) is 0 Å². The predicted molar refractivity (Wildman–Crippen MR) is 85.4 cm³/mol. The Morgan fingerprint density at radius 2 is 1.68 bits per heavy atom. The molecule has 4 heteroatoms. The quantitative estimate of drug-likeness (QED) is 0.815. The van der Waals surface area contributed by atoms with Gasteiger partial charge in [0, 0.05) is 17.7 Å². The normalized spacial score (nSPS) is 13.1. The highest BCUT2D eigenvalue weighted by Crippen LogP contribution is 2.24. The van der Waals surface area contributed by atoms with Crippen LogP contribution in [0.15, 0.2) is 47.5 Å². The average Bonchev–Trinajstić information content (AvgIpc) is 2.60. The summed E-state index contributed by atoms with van der Waals surface area (Å²) in [5, 5.41) is 0. The van der Waals surface area contributed by atoms with E-state index in [1.54, 1.807) is 38.5 Å². The maximum absolute atomic E-state index is 12.7. The highest BCUT2D eigenvalue weighted by atomic mass is 16.5. The van der Waals surface area contributed by atoms with Crippen molar-refractivity contribution >= 4 is 11.5 Å². The molecule has 0 aromatic heterocycles. The van der Waals surface area contributed by atoms with Crippen LogP contribution in [0.25, 0.3) is 0 Å². The molecular weight excluding hydrogens is 278 g/mol. The van der Waals surface area contributed by atoms with Crippen LogP contribution in [0.4, 0.5) is 0 Å². The molecule has 0 N–H and O–H groups in total. The summed E-state index contributed by atoms with van der Waals surface area (Å²) in [7, 11) is 3.24. The maximum atomic E-state index is 12.7. The second-order valence-electron chi connectivity index (χ2n) is 5.06. The lowest BCUT2D eigenvalue weighted by Gasteiger charge is -2.17. The Morgan fingerprint density at radius 1 is 1.00 bits per heavy atom. The molecule has 1 aliphatic heterocycles. The summed E-state index contributed by atoms with van der Waals surface area (Å²) in [5.41, 5.74) is 3.14. The van der Waals surface area contributed by atoms with Gasteiger partial charge in [0.2, 0.25) is 5.78 Å². The van der Waals surface area contributed by atoms with Crippen molar-refractivity contribution in [3.05, 3.63) is 59.2 Å². The SMILES string of the molecule is COc1ccc(C(=O)C2=NCCc3cc(OC)ccc32)cc1. The molecule has 0 spiro atoms. The van der Waals surface area contributed by atoms with Crippen molar-refractivity contribution in [2.24, 2.45) is 4.99 Å². The molecule has 0 unspecified atom stereocenters. The van der Waals surface area contributed by atoms with Gasteiger partial charge in [0.15, 0.2) is 0 Å². The summed E-state index contributed by atoms with van der Waals surface area (Å²) in [5.74, 6) is 1.47. The van der Waals surface area contributed by atoms with Crippen LogP contribution in [-0.2, 0) is 6.42 Å². The molecule has 0 radical (unpaired) electrons. The monoisotopic (exact) mass is 295 g/mol. The molecule has 22 heavy (non-hydrogen) atoms. The Kier molecular flexibility index (Phi) is 3.92. The average molecular weight is 295 g/mol. The van der Waals surface area contributed by atoms with Gasteiger partial charge in [0.25, 0.3) is 0 Å². The summed E-state index contributed by atoms with van der Waals surface area (Å²) < 4.78 is 10.4. The standard InChI is InChI=1S/C18H17NO3/c1-21-14-5-3-12(4-6-14)18(20)17-16-8-7-15(22-2)11-13(16)9-10-19-17/h3-8,11H,9-10H2,1-2H3. The van der Waals surface area contributed by atoms with Crippen molar-refractivity contribution in [3.8, 4) is 11.5 Å². The minimum Gasteiger partial charge on any atom is -0.497 e. The third kappa shape index (κ3) is 2.60. The number of benzene rings is 2. The van der Waals surface area contributed by atoms with Gasteiger partial charge in [0.1, 0.15) is 17.2 Å². The minimum absolute atomic E-state index is 0.0613. The zero-order valence-electron chi connectivity index (χ0n) is 12.6. The van der Waals surface area contributed by atoms with E-state index >= 15 is 0 Å². The fourth-order valence-electron chi connectivity index (χ4n) is 2.58. The molecule has 112 valence electrons. The highest BCUT2D eigenvalue weighted by Gasteiger charge is 2.22. The number of carbonyl (C=O) groups is 1. The second kappa shape index (κ2) is 6.02. The lowest BCUT2D eigenvalue weighted by atomic mass is 9.92. The number of hydrogen-bond acceptors (Lipinski definition) is 4. The fourth-order valence-corrected chi connectivity index (χ4v) is 2.58. The summed E-state index contributed by atoms with van der Waals surface area (Å²) in [6, 6.07) is 12.8. The van der Waals surface area contributed by atoms with Crippen LogP contribution in [0, 0.1) is 0 Å². The molecule has 4 nitrogen and oxygen atoms in total. The summed E-state index contributed by atoms with van der Waals surface area (Å²) in [6.45, 7) is 0.622. The Balaban J connectivity index is 1.95. The lowest BCUT2D eigenvalue weighted by Crippen LogP contribution is -2.22. The van der Waals surface area contributed by atoms with Crippen molar-refractivity contribution in [2.75, 3.05) is 20.8 Å². The van der Waals surface area contributed by atoms with E-state index in [2.05, 4.69) is 4.99 Å². The number of rotatable bonds is 4. The van der Waals surface area contributed by atoms with Crippen LogP contribution in [0.5, 0.6) is 11.5 Å². The van der Waals surface area contributed by atoms with Crippen LogP contribution >= 0.6 is 0 Å². The van der Waals surface area contributed by atoms with E-state index in [-0.39, 0.29) is 5.78 Å². The van der Waals surface area contributed by atoms with Gasteiger partial charge >= 0.3 is 0 Å². The smallest absolute Gasteiger partial charge is 0.211 e. The predicted octanol–water partition coefficient (Wildman–Crippen LogP) is 2.93. The van der Waals surface area contributed by atoms with Crippen molar-refractivity contribution in [3.63, 3.8) is 0 Å². The molecule has 2 aromatic rings. The number of nitrogens with zero attached hydrogens (tertiary/aromatic N) is 1. The van der Waals surface area contributed by atoms with Crippen molar-refractivity contribution in [1.82, 2.24) is 0 Å². The summed E-state index contributed by atoms with van der Waals surface area (Å²) >= 11 is 0. The lowest BCUT2D eigenvalue weighted by molar-refractivity contribution is 0.106. The van der Waals surface area contributed by atoms with E-state index < -0.39 is 0 Å². The molecule has 0 bridgehead atoms. The number of Topliss-reactive ketones (excluding diaryl/α,β-unsaturated/α-hetero) is 1. The molecule has 0 aliphatic carbocycles. The van der Waals surface area contributed by atoms with Crippen LogP contribution in [-0.4, -0.2) is 32.3 Å². The Morgan fingerprint density at radius 3 is 2.36 bits per heavy atom. The minimum atomic E-state index is -0.0613. The maximum Gasteiger partial charge on any atom is 0.211 e. The molecule has 1 heterocycles. The molecular formula is C18H17NO3. The number of aliphatic imine (C=N–C) groups is 1. The first-order valence-electron chi connectivity index (χ1n) is 7.13. The summed E-state index contributed by atoms with van der Waals surface area (Å²) in [6.07, 6.45) is 0.825. The third-order valence-electron chi connectivity index (χ3n) is 3.79. The number of methoxy groups -OCH3 is 2. The number of ether oxygens (including phenoxy) is 2. The van der Waals surface area contributed by atoms with Gasteiger partial charge in [-0.2, -0.15) is 0 Å². The fraction of sp³-hybridized carbons (Fsp3) is 0.222. The molecule has 0 saturated heterocycles. The first kappa shape index (κ1) is 14.3. The van der Waals surface area contributed by atoms with Gasteiger partial charge in [-0.05, 0) is 54.4 Å². The molecule has 3 rings (SSSR count). The molecule has 0 fully saturated rings. The zero-order valence-corrected chi connectivity index (χ0v) is 12.6. The Bertz CT molecular complexity index is 732. The largest absolute Gasteiger partial charge is 0.497 e. The highest BCUT2D eigenvalue weighted by molar-refractivity contribution is 6.51. The van der Waals surface area contributed by atoms with Crippen LogP contribution in [0.2, 0.25) is 0 Å². The van der Waals surface area contributed by atoms with E-state index in [9.17, 15) is 4.79 Å². The van der Waals surface area contributed by atoms with Gasteiger partial charge in [-0.3, -0.25) is 9.79 Å². The molecule has 0 amide bonds. The third-order valence-corrected chi connectivity index (χ3v) is 3.79. The van der Waals surface area contributed by atoms with E-state index in [4.69, 9.17) is 9.47 Å². The number of hydrogen-bond donors (Lipinski definition) is 0. The van der Waals surface area contributed by atoms with Gasteiger partial charge in [-0.25, -0.2) is 0 Å². The zero-order chi connectivity index (χ0) is 15.5. The van der Waals surface area contributed by atoms with Gasteiger partial charge in [0.05, 0.1) is 14.2 Å². The van der Waals surface area contributed by atoms with Gasteiger partial charge in [-0.15, -0.1) is 0 Å². The van der Waals surface area contributed by atoms with Crippen LogP contribution < -0.4 is 9.47 Å².